The first-order valence-electron chi connectivity index (χ1n) is 4.12. The molecule has 1 rings (SSSR count). The Morgan fingerprint density at radius 3 is 2.18 bits per heavy atom. The van der Waals surface area contributed by atoms with Gasteiger partial charge in [0.15, 0.2) is 0 Å². The summed E-state index contributed by atoms with van der Waals surface area (Å²) in [6, 6.07) is 0. The molecule has 1 aromatic rings. The maximum Gasteiger partial charge on any atom is 0.129 e. The molecular formula is C8H15N3. The van der Waals surface area contributed by atoms with Crippen molar-refractivity contribution in [2.24, 2.45) is 0 Å². The van der Waals surface area contributed by atoms with Gasteiger partial charge in [0, 0.05) is 6.54 Å². The summed E-state index contributed by atoms with van der Waals surface area (Å²) in [4.78, 5) is 0. The number of nitrogens with zero attached hydrogens (tertiary/aromatic N) is 3. The number of aryl methyl sites for hydroxylation is 2. The summed E-state index contributed by atoms with van der Waals surface area (Å²) in [6.07, 6.45) is 2.43. The van der Waals surface area contributed by atoms with Crippen LogP contribution in [0.1, 0.15) is 31.4 Å². The molecule has 0 aromatic carbocycles. The fraction of sp³-hybridized carbons (Fsp3) is 0.750. The SMILES string of the molecule is CCCCn1c(C)nnc1C. The molecule has 0 N–H and O–H groups in total. The molecule has 0 aliphatic rings. The zero-order valence-corrected chi connectivity index (χ0v) is 7.46. The van der Waals surface area contributed by atoms with Crippen LogP contribution >= 0.6 is 0 Å². The number of hydrogen-bond acceptors (Lipinski definition) is 2. The van der Waals surface area contributed by atoms with Crippen LogP contribution in [-0.4, -0.2) is 14.8 Å². The van der Waals surface area contributed by atoms with E-state index in [1.807, 2.05) is 13.8 Å². The highest BCUT2D eigenvalue weighted by molar-refractivity contribution is 4.90. The summed E-state index contributed by atoms with van der Waals surface area (Å²) in [7, 11) is 0. The Balaban J connectivity index is 2.67. The molecule has 0 bridgehead atoms. The molecule has 3 heteroatoms. The predicted molar refractivity (Wildman–Crippen MR) is 44.4 cm³/mol. The van der Waals surface area contributed by atoms with Crippen molar-refractivity contribution >= 4 is 0 Å². The second-order valence-corrected chi connectivity index (χ2v) is 2.80. The molecular weight excluding hydrogens is 138 g/mol. The number of unbranched alkanes of at least 4 members (excludes halogenated alkanes) is 1. The van der Waals surface area contributed by atoms with Crippen LogP contribution in [0.4, 0.5) is 0 Å². The molecule has 0 fully saturated rings. The van der Waals surface area contributed by atoms with Crippen LogP contribution < -0.4 is 0 Å². The normalized spacial score (nSPS) is 10.5. The lowest BCUT2D eigenvalue weighted by molar-refractivity contribution is 0.602. The van der Waals surface area contributed by atoms with E-state index in [-0.39, 0.29) is 0 Å². The van der Waals surface area contributed by atoms with Gasteiger partial charge in [-0.3, -0.25) is 0 Å². The minimum absolute atomic E-state index is 1.02. The molecule has 1 aromatic heterocycles. The summed E-state index contributed by atoms with van der Waals surface area (Å²) < 4.78 is 2.16. The second-order valence-electron chi connectivity index (χ2n) is 2.80. The van der Waals surface area contributed by atoms with Gasteiger partial charge in [-0.05, 0) is 20.3 Å². The Bertz CT molecular complexity index is 208. The van der Waals surface area contributed by atoms with Gasteiger partial charge in [0.05, 0.1) is 0 Å². The smallest absolute Gasteiger partial charge is 0.129 e. The molecule has 0 aliphatic heterocycles. The Kier molecular flexibility index (Phi) is 2.63. The van der Waals surface area contributed by atoms with E-state index in [4.69, 9.17) is 0 Å². The van der Waals surface area contributed by atoms with Crippen LogP contribution in [-0.2, 0) is 6.54 Å². The van der Waals surface area contributed by atoms with Crippen LogP contribution in [0.2, 0.25) is 0 Å². The first-order valence-corrected chi connectivity index (χ1v) is 4.12. The highest BCUT2D eigenvalue weighted by Gasteiger charge is 2.01. The summed E-state index contributed by atoms with van der Waals surface area (Å²) in [5.41, 5.74) is 0. The lowest BCUT2D eigenvalue weighted by Gasteiger charge is -2.03. The van der Waals surface area contributed by atoms with Crippen molar-refractivity contribution in [2.75, 3.05) is 0 Å². The van der Waals surface area contributed by atoms with Crippen LogP contribution in [0.5, 0.6) is 0 Å². The molecule has 0 atom stereocenters. The van der Waals surface area contributed by atoms with Crippen molar-refractivity contribution in [3.63, 3.8) is 0 Å². The van der Waals surface area contributed by atoms with Crippen molar-refractivity contribution in [3.8, 4) is 0 Å². The molecule has 3 nitrogen and oxygen atoms in total. The van der Waals surface area contributed by atoms with Crippen LogP contribution in [0.25, 0.3) is 0 Å². The van der Waals surface area contributed by atoms with E-state index in [9.17, 15) is 0 Å². The summed E-state index contributed by atoms with van der Waals surface area (Å²) in [6.45, 7) is 7.24. The molecule has 0 amide bonds. The van der Waals surface area contributed by atoms with Gasteiger partial charge in [0.1, 0.15) is 11.6 Å². The number of rotatable bonds is 3. The van der Waals surface area contributed by atoms with Gasteiger partial charge in [0.2, 0.25) is 0 Å². The summed E-state index contributed by atoms with van der Waals surface area (Å²) >= 11 is 0. The fourth-order valence-electron chi connectivity index (χ4n) is 1.13. The second kappa shape index (κ2) is 3.51. The van der Waals surface area contributed by atoms with Gasteiger partial charge in [0.25, 0.3) is 0 Å². The van der Waals surface area contributed by atoms with Gasteiger partial charge in [-0.2, -0.15) is 0 Å². The molecule has 0 aliphatic carbocycles. The molecule has 62 valence electrons. The van der Waals surface area contributed by atoms with Crippen molar-refractivity contribution in [3.05, 3.63) is 11.6 Å². The maximum atomic E-state index is 3.98. The maximum absolute atomic E-state index is 3.98. The first kappa shape index (κ1) is 8.24. The molecule has 11 heavy (non-hydrogen) atoms. The highest BCUT2D eigenvalue weighted by atomic mass is 15.3. The van der Waals surface area contributed by atoms with E-state index in [2.05, 4.69) is 21.7 Å². The van der Waals surface area contributed by atoms with Crippen LogP contribution in [0, 0.1) is 13.8 Å². The molecule has 0 saturated carbocycles. The lowest BCUT2D eigenvalue weighted by Crippen LogP contribution is -2.02. The fourth-order valence-corrected chi connectivity index (χ4v) is 1.13. The van der Waals surface area contributed by atoms with Gasteiger partial charge < -0.3 is 4.57 Å². The number of aromatic nitrogens is 3. The minimum atomic E-state index is 1.02. The largest absolute Gasteiger partial charge is 0.315 e. The Morgan fingerprint density at radius 2 is 1.73 bits per heavy atom. The quantitative estimate of drug-likeness (QED) is 0.661. The molecule has 0 saturated heterocycles. The van der Waals surface area contributed by atoms with Gasteiger partial charge in [-0.15, -0.1) is 10.2 Å². The van der Waals surface area contributed by atoms with E-state index in [0.717, 1.165) is 18.2 Å². The van der Waals surface area contributed by atoms with Gasteiger partial charge in [-0.1, -0.05) is 13.3 Å². The van der Waals surface area contributed by atoms with Crippen molar-refractivity contribution in [1.29, 1.82) is 0 Å². The number of hydrogen-bond donors (Lipinski definition) is 0. The van der Waals surface area contributed by atoms with Gasteiger partial charge >= 0.3 is 0 Å². The van der Waals surface area contributed by atoms with Crippen LogP contribution in [0.3, 0.4) is 0 Å². The Morgan fingerprint density at radius 1 is 1.18 bits per heavy atom. The van der Waals surface area contributed by atoms with Crippen molar-refractivity contribution in [1.82, 2.24) is 14.8 Å². The van der Waals surface area contributed by atoms with Crippen LogP contribution in [0.15, 0.2) is 0 Å². The molecule has 0 radical (unpaired) electrons. The summed E-state index contributed by atoms with van der Waals surface area (Å²) in [5.74, 6) is 2.05. The topological polar surface area (TPSA) is 30.7 Å². The third-order valence-corrected chi connectivity index (χ3v) is 1.86. The summed E-state index contributed by atoms with van der Waals surface area (Å²) in [5, 5.41) is 7.96. The lowest BCUT2D eigenvalue weighted by atomic mass is 10.3. The predicted octanol–water partition coefficient (Wildman–Crippen LogP) is 1.70. The molecule has 0 unspecified atom stereocenters. The Hall–Kier alpha value is -0.860. The average Bonchev–Trinajstić information content (AvgIpc) is 2.29. The van der Waals surface area contributed by atoms with Crippen molar-refractivity contribution < 1.29 is 0 Å². The zero-order valence-electron chi connectivity index (χ0n) is 7.46. The van der Waals surface area contributed by atoms with E-state index < -0.39 is 0 Å². The standard InChI is InChI=1S/C8H15N3/c1-4-5-6-11-7(2)9-10-8(11)3/h4-6H2,1-3H3. The third-order valence-electron chi connectivity index (χ3n) is 1.86. The molecule has 1 heterocycles. The zero-order chi connectivity index (χ0) is 8.27. The first-order chi connectivity index (χ1) is 5.25. The monoisotopic (exact) mass is 153 g/mol. The average molecular weight is 153 g/mol. The van der Waals surface area contributed by atoms with E-state index in [0.29, 0.717) is 0 Å². The minimum Gasteiger partial charge on any atom is -0.315 e. The molecule has 0 spiro atoms. The van der Waals surface area contributed by atoms with E-state index >= 15 is 0 Å². The van der Waals surface area contributed by atoms with Crippen molar-refractivity contribution in [2.45, 2.75) is 40.2 Å². The third kappa shape index (κ3) is 1.79. The Labute approximate surface area is 67.4 Å². The highest BCUT2D eigenvalue weighted by Crippen LogP contribution is 2.01. The van der Waals surface area contributed by atoms with Gasteiger partial charge in [-0.25, -0.2) is 0 Å². The van der Waals surface area contributed by atoms with E-state index in [1.54, 1.807) is 0 Å². The van der Waals surface area contributed by atoms with E-state index in [1.165, 1.54) is 12.8 Å².